The molecule has 2 rings (SSSR count). The van der Waals surface area contributed by atoms with Crippen molar-refractivity contribution in [3.63, 3.8) is 0 Å². The third-order valence-corrected chi connectivity index (χ3v) is 5.81. The fourth-order valence-corrected chi connectivity index (χ4v) is 4.17. The maximum Gasteiger partial charge on any atom is 0.0614 e. The molecular formula is C19H39N3O. The van der Waals surface area contributed by atoms with Gasteiger partial charge in [-0.05, 0) is 58.5 Å². The van der Waals surface area contributed by atoms with E-state index in [0.29, 0.717) is 12.0 Å². The number of hydrogen-bond donors (Lipinski definition) is 2. The normalized spacial score (nSPS) is 27.0. The highest BCUT2D eigenvalue weighted by molar-refractivity contribution is 4.94. The molecule has 0 aromatic rings. The molecule has 136 valence electrons. The summed E-state index contributed by atoms with van der Waals surface area (Å²) in [5, 5.41) is 13.5. The fraction of sp³-hybridized carbons (Fsp3) is 1.00. The van der Waals surface area contributed by atoms with Gasteiger partial charge in [-0.2, -0.15) is 0 Å². The standard InChI is InChI=1S/C19H39N3O/c1-16(2)13-20-19(15-23)8-11-21(12-9-19)14-18-7-5-6-10-22(18)17(3)4/h16-18,20,23H,5-15H2,1-4H3. The molecule has 0 bridgehead atoms. The van der Waals surface area contributed by atoms with Crippen LogP contribution in [0.15, 0.2) is 0 Å². The van der Waals surface area contributed by atoms with Crippen molar-refractivity contribution in [1.82, 2.24) is 15.1 Å². The van der Waals surface area contributed by atoms with E-state index in [-0.39, 0.29) is 12.1 Å². The molecule has 0 spiro atoms. The van der Waals surface area contributed by atoms with Gasteiger partial charge in [0.25, 0.3) is 0 Å². The molecule has 0 radical (unpaired) electrons. The number of aliphatic hydroxyl groups is 1. The monoisotopic (exact) mass is 325 g/mol. The van der Waals surface area contributed by atoms with Crippen molar-refractivity contribution in [2.75, 3.05) is 39.3 Å². The Morgan fingerprint density at radius 3 is 2.35 bits per heavy atom. The van der Waals surface area contributed by atoms with Crippen molar-refractivity contribution in [2.45, 2.75) is 77.4 Å². The number of nitrogens with zero attached hydrogens (tertiary/aromatic N) is 2. The molecule has 2 aliphatic rings. The molecule has 0 aromatic carbocycles. The quantitative estimate of drug-likeness (QED) is 0.753. The summed E-state index contributed by atoms with van der Waals surface area (Å²) in [6.07, 6.45) is 6.25. The second-order valence-electron chi connectivity index (χ2n) is 8.49. The summed E-state index contributed by atoms with van der Waals surface area (Å²) in [6.45, 7) is 15.1. The molecule has 2 saturated heterocycles. The summed E-state index contributed by atoms with van der Waals surface area (Å²) in [5.41, 5.74) is -0.0366. The van der Waals surface area contributed by atoms with Crippen LogP contribution in [0.5, 0.6) is 0 Å². The third-order valence-electron chi connectivity index (χ3n) is 5.81. The number of likely N-dealkylation sites (tertiary alicyclic amines) is 2. The summed E-state index contributed by atoms with van der Waals surface area (Å²) >= 11 is 0. The van der Waals surface area contributed by atoms with Gasteiger partial charge in [-0.1, -0.05) is 20.3 Å². The molecule has 23 heavy (non-hydrogen) atoms. The van der Waals surface area contributed by atoms with Crippen molar-refractivity contribution in [2.24, 2.45) is 5.92 Å². The van der Waals surface area contributed by atoms with Crippen LogP contribution in [0.25, 0.3) is 0 Å². The zero-order chi connectivity index (χ0) is 16.9. The highest BCUT2D eigenvalue weighted by Crippen LogP contribution is 2.25. The number of rotatable bonds is 7. The van der Waals surface area contributed by atoms with Gasteiger partial charge >= 0.3 is 0 Å². The van der Waals surface area contributed by atoms with E-state index < -0.39 is 0 Å². The molecule has 4 nitrogen and oxygen atoms in total. The Balaban J connectivity index is 1.83. The van der Waals surface area contributed by atoms with Crippen LogP contribution in [0.4, 0.5) is 0 Å². The Bertz CT molecular complexity index is 338. The van der Waals surface area contributed by atoms with Crippen molar-refractivity contribution in [3.05, 3.63) is 0 Å². The zero-order valence-electron chi connectivity index (χ0n) is 15.9. The number of nitrogens with one attached hydrogen (secondary N) is 1. The van der Waals surface area contributed by atoms with Crippen LogP contribution in [0.1, 0.15) is 59.8 Å². The lowest BCUT2D eigenvalue weighted by molar-refractivity contribution is 0.0398. The van der Waals surface area contributed by atoms with Gasteiger partial charge in [0, 0.05) is 37.3 Å². The lowest BCUT2D eigenvalue weighted by atomic mass is 9.87. The first-order valence-electron chi connectivity index (χ1n) is 9.80. The zero-order valence-corrected chi connectivity index (χ0v) is 15.9. The highest BCUT2D eigenvalue weighted by atomic mass is 16.3. The molecule has 0 aromatic heterocycles. The van der Waals surface area contributed by atoms with E-state index in [2.05, 4.69) is 42.8 Å². The minimum atomic E-state index is -0.0366. The van der Waals surface area contributed by atoms with Crippen LogP contribution < -0.4 is 5.32 Å². The molecule has 1 unspecified atom stereocenters. The van der Waals surface area contributed by atoms with Crippen molar-refractivity contribution >= 4 is 0 Å². The van der Waals surface area contributed by atoms with Gasteiger partial charge in [-0.15, -0.1) is 0 Å². The SMILES string of the molecule is CC(C)CNC1(CO)CCN(CC2CCCCN2C(C)C)CC1. The molecule has 2 aliphatic heterocycles. The van der Waals surface area contributed by atoms with Crippen molar-refractivity contribution < 1.29 is 5.11 Å². The van der Waals surface area contributed by atoms with Crippen molar-refractivity contribution in [3.8, 4) is 0 Å². The summed E-state index contributed by atoms with van der Waals surface area (Å²) in [5.74, 6) is 0.637. The smallest absolute Gasteiger partial charge is 0.0614 e. The topological polar surface area (TPSA) is 38.7 Å². The van der Waals surface area contributed by atoms with Gasteiger partial charge in [-0.25, -0.2) is 0 Å². The molecule has 0 saturated carbocycles. The third kappa shape index (κ3) is 5.42. The lowest BCUT2D eigenvalue weighted by Crippen LogP contribution is -2.58. The van der Waals surface area contributed by atoms with Gasteiger partial charge < -0.3 is 15.3 Å². The molecule has 1 atom stereocenters. The molecular weight excluding hydrogens is 286 g/mol. The van der Waals surface area contributed by atoms with E-state index in [9.17, 15) is 5.11 Å². The van der Waals surface area contributed by atoms with Crippen molar-refractivity contribution in [1.29, 1.82) is 0 Å². The highest BCUT2D eigenvalue weighted by Gasteiger charge is 2.35. The molecule has 0 aliphatic carbocycles. The average molecular weight is 326 g/mol. The van der Waals surface area contributed by atoms with Crippen LogP contribution >= 0.6 is 0 Å². The second kappa shape index (κ2) is 8.80. The Kier molecular flexibility index (Phi) is 7.33. The fourth-order valence-electron chi connectivity index (χ4n) is 4.17. The summed E-state index contributed by atoms with van der Waals surface area (Å²) in [4.78, 5) is 5.34. The first kappa shape index (κ1) is 19.2. The lowest BCUT2D eigenvalue weighted by Gasteiger charge is -2.45. The van der Waals surface area contributed by atoms with E-state index in [1.807, 2.05) is 0 Å². The van der Waals surface area contributed by atoms with Gasteiger partial charge in [0.1, 0.15) is 0 Å². The molecule has 4 heteroatoms. The summed E-state index contributed by atoms with van der Waals surface area (Å²) in [6, 6.07) is 1.39. The maximum absolute atomic E-state index is 9.89. The minimum absolute atomic E-state index is 0.0366. The molecule has 2 heterocycles. The van der Waals surface area contributed by atoms with E-state index in [1.54, 1.807) is 0 Å². The second-order valence-corrected chi connectivity index (χ2v) is 8.49. The number of piperidine rings is 2. The van der Waals surface area contributed by atoms with Gasteiger partial charge in [0.15, 0.2) is 0 Å². The van der Waals surface area contributed by atoms with Crippen LogP contribution in [0, 0.1) is 5.92 Å². The summed E-state index contributed by atoms with van der Waals surface area (Å²) < 4.78 is 0. The van der Waals surface area contributed by atoms with E-state index >= 15 is 0 Å². The predicted molar refractivity (Wildman–Crippen MR) is 97.8 cm³/mol. The summed E-state index contributed by atoms with van der Waals surface area (Å²) in [7, 11) is 0. The molecule has 2 fully saturated rings. The predicted octanol–water partition coefficient (Wildman–Crippen LogP) is 2.32. The van der Waals surface area contributed by atoms with E-state index in [1.165, 1.54) is 32.4 Å². The van der Waals surface area contributed by atoms with Gasteiger partial charge in [0.2, 0.25) is 0 Å². The number of aliphatic hydroxyl groups excluding tert-OH is 1. The molecule has 0 amide bonds. The van der Waals surface area contributed by atoms with Crippen LogP contribution in [0.3, 0.4) is 0 Å². The Morgan fingerprint density at radius 1 is 1.09 bits per heavy atom. The Morgan fingerprint density at radius 2 is 1.78 bits per heavy atom. The minimum Gasteiger partial charge on any atom is -0.394 e. The Hall–Kier alpha value is -0.160. The van der Waals surface area contributed by atoms with E-state index in [4.69, 9.17) is 0 Å². The first-order chi connectivity index (χ1) is 11.0. The van der Waals surface area contributed by atoms with E-state index in [0.717, 1.165) is 38.5 Å². The maximum atomic E-state index is 9.89. The average Bonchev–Trinajstić information content (AvgIpc) is 2.55. The molecule has 2 N–H and O–H groups in total. The first-order valence-corrected chi connectivity index (χ1v) is 9.80. The van der Waals surface area contributed by atoms with Gasteiger partial charge in [-0.3, -0.25) is 4.90 Å². The largest absolute Gasteiger partial charge is 0.394 e. The Labute approximate surface area is 143 Å². The number of hydrogen-bond acceptors (Lipinski definition) is 4. The van der Waals surface area contributed by atoms with Crippen LogP contribution in [0.2, 0.25) is 0 Å². The van der Waals surface area contributed by atoms with Crippen LogP contribution in [-0.4, -0.2) is 71.9 Å². The van der Waals surface area contributed by atoms with Crippen LogP contribution in [-0.2, 0) is 0 Å². The van der Waals surface area contributed by atoms with Gasteiger partial charge in [0.05, 0.1) is 6.61 Å².